The van der Waals surface area contributed by atoms with E-state index < -0.39 is 30.2 Å². The van der Waals surface area contributed by atoms with Gasteiger partial charge in [0.15, 0.2) is 6.04 Å². The van der Waals surface area contributed by atoms with Crippen molar-refractivity contribution in [2.24, 2.45) is 0 Å². The SMILES string of the molecule is O=C(NC(C(=O)O)c1cc(Cl)cc(OC(F)(F)F)c1)OCC1c2ccccc2-c2ccccc21. The number of ether oxygens (including phenoxy) is 2. The quantitative estimate of drug-likeness (QED) is 0.448. The van der Waals surface area contributed by atoms with Gasteiger partial charge in [-0.15, -0.1) is 13.2 Å². The highest BCUT2D eigenvalue weighted by molar-refractivity contribution is 6.30. The van der Waals surface area contributed by atoms with Gasteiger partial charge in [-0.05, 0) is 46.0 Å². The molecule has 0 aliphatic heterocycles. The van der Waals surface area contributed by atoms with Gasteiger partial charge in [-0.3, -0.25) is 0 Å². The Morgan fingerprint density at radius 1 is 1.00 bits per heavy atom. The molecule has 1 aliphatic carbocycles. The first-order valence-electron chi connectivity index (χ1n) is 10.0. The molecule has 3 aromatic rings. The number of aliphatic carboxylic acids is 1. The second kappa shape index (κ2) is 9.26. The molecule has 0 spiro atoms. The number of carbonyl (C=O) groups is 2. The van der Waals surface area contributed by atoms with Gasteiger partial charge >= 0.3 is 18.4 Å². The third kappa shape index (κ3) is 5.09. The largest absolute Gasteiger partial charge is 0.573 e. The Labute approximate surface area is 196 Å². The van der Waals surface area contributed by atoms with Crippen molar-refractivity contribution in [3.63, 3.8) is 0 Å². The normalized spacial score (nSPS) is 13.5. The Kier molecular flexibility index (Phi) is 6.39. The molecule has 0 heterocycles. The average Bonchev–Trinajstić information content (AvgIpc) is 3.08. The minimum Gasteiger partial charge on any atom is -0.479 e. The third-order valence-corrected chi connectivity index (χ3v) is 5.53. The molecule has 0 bridgehead atoms. The van der Waals surface area contributed by atoms with Crippen molar-refractivity contribution in [2.45, 2.75) is 18.3 Å². The van der Waals surface area contributed by atoms with Crippen LogP contribution in [0.5, 0.6) is 5.75 Å². The van der Waals surface area contributed by atoms with E-state index in [1.165, 1.54) is 0 Å². The van der Waals surface area contributed by atoms with Crippen LogP contribution in [-0.4, -0.2) is 30.1 Å². The fourth-order valence-corrected chi connectivity index (χ4v) is 4.22. The van der Waals surface area contributed by atoms with E-state index >= 15 is 0 Å². The first-order chi connectivity index (χ1) is 16.1. The molecule has 1 amide bonds. The summed E-state index contributed by atoms with van der Waals surface area (Å²) in [6, 6.07) is 16.5. The zero-order chi connectivity index (χ0) is 24.5. The number of hydrogen-bond donors (Lipinski definition) is 2. The van der Waals surface area contributed by atoms with Crippen LogP contribution in [0.4, 0.5) is 18.0 Å². The van der Waals surface area contributed by atoms with Gasteiger partial charge in [-0.2, -0.15) is 0 Å². The monoisotopic (exact) mass is 491 g/mol. The molecule has 1 unspecified atom stereocenters. The number of hydrogen-bond acceptors (Lipinski definition) is 4. The summed E-state index contributed by atoms with van der Waals surface area (Å²) in [5.74, 6) is -2.48. The summed E-state index contributed by atoms with van der Waals surface area (Å²) < 4.78 is 46.8. The van der Waals surface area contributed by atoms with E-state index in [1.807, 2.05) is 48.5 Å². The van der Waals surface area contributed by atoms with Crippen LogP contribution in [0.2, 0.25) is 5.02 Å². The molecule has 176 valence electrons. The Bertz CT molecular complexity index is 1200. The number of alkyl carbamates (subject to hydrolysis) is 1. The number of nitrogens with one attached hydrogen (secondary N) is 1. The van der Waals surface area contributed by atoms with Gasteiger partial charge < -0.3 is 19.9 Å². The number of carboxylic acid groups (broad SMARTS) is 1. The van der Waals surface area contributed by atoms with Crippen LogP contribution in [0.25, 0.3) is 11.1 Å². The smallest absolute Gasteiger partial charge is 0.479 e. The molecule has 0 aromatic heterocycles. The summed E-state index contributed by atoms with van der Waals surface area (Å²) >= 11 is 5.82. The van der Waals surface area contributed by atoms with E-state index in [-0.39, 0.29) is 23.1 Å². The van der Waals surface area contributed by atoms with Crippen LogP contribution < -0.4 is 10.1 Å². The molecule has 34 heavy (non-hydrogen) atoms. The topological polar surface area (TPSA) is 84.9 Å². The van der Waals surface area contributed by atoms with E-state index in [4.69, 9.17) is 16.3 Å². The van der Waals surface area contributed by atoms with Crippen LogP contribution in [0.1, 0.15) is 28.7 Å². The Hall–Kier alpha value is -3.72. The molecule has 4 rings (SSSR count). The van der Waals surface area contributed by atoms with Gasteiger partial charge in [-0.1, -0.05) is 60.1 Å². The number of carbonyl (C=O) groups excluding carboxylic acids is 1. The molecule has 0 radical (unpaired) electrons. The summed E-state index contributed by atoms with van der Waals surface area (Å²) in [6.07, 6.45) is -6.05. The molecule has 0 saturated heterocycles. The van der Waals surface area contributed by atoms with Crippen molar-refractivity contribution in [3.05, 3.63) is 88.4 Å². The van der Waals surface area contributed by atoms with Crippen molar-refractivity contribution in [2.75, 3.05) is 6.61 Å². The van der Waals surface area contributed by atoms with Crippen LogP contribution in [-0.2, 0) is 9.53 Å². The molecule has 0 saturated carbocycles. The van der Waals surface area contributed by atoms with Crippen molar-refractivity contribution in [1.82, 2.24) is 5.32 Å². The average molecular weight is 492 g/mol. The van der Waals surface area contributed by atoms with E-state index in [0.29, 0.717) is 0 Å². The molecule has 0 fully saturated rings. The van der Waals surface area contributed by atoms with Gasteiger partial charge in [0.1, 0.15) is 12.4 Å². The summed E-state index contributed by atoms with van der Waals surface area (Å²) in [7, 11) is 0. The summed E-state index contributed by atoms with van der Waals surface area (Å²) in [5, 5.41) is 11.5. The number of alkyl halides is 3. The number of fused-ring (bicyclic) bond motifs is 3. The zero-order valence-electron chi connectivity index (χ0n) is 17.3. The Morgan fingerprint density at radius 3 is 2.15 bits per heavy atom. The summed E-state index contributed by atoms with van der Waals surface area (Å²) in [5.41, 5.74) is 3.76. The lowest BCUT2D eigenvalue weighted by atomic mass is 9.98. The lowest BCUT2D eigenvalue weighted by Crippen LogP contribution is -2.35. The van der Waals surface area contributed by atoms with Crippen LogP contribution >= 0.6 is 11.6 Å². The highest BCUT2D eigenvalue weighted by atomic mass is 35.5. The van der Waals surface area contributed by atoms with E-state index in [2.05, 4.69) is 10.1 Å². The number of benzene rings is 3. The molecular formula is C24H17ClF3NO5. The lowest BCUT2D eigenvalue weighted by molar-refractivity contribution is -0.274. The Balaban J connectivity index is 1.50. The lowest BCUT2D eigenvalue weighted by Gasteiger charge is -2.19. The maximum atomic E-state index is 12.6. The fraction of sp³-hybridized carbons (Fsp3) is 0.167. The van der Waals surface area contributed by atoms with E-state index in [1.54, 1.807) is 0 Å². The molecule has 3 aromatic carbocycles. The standard InChI is InChI=1S/C24H17ClF3NO5/c25-14-9-13(10-15(11-14)34-24(26,27)28)21(22(30)31)29-23(32)33-12-20-18-7-3-1-5-16(18)17-6-2-4-8-19(17)20/h1-11,20-21H,12H2,(H,29,32)(H,30,31). The van der Waals surface area contributed by atoms with Crippen molar-refractivity contribution >= 4 is 23.7 Å². The Morgan fingerprint density at radius 2 is 1.59 bits per heavy atom. The third-order valence-electron chi connectivity index (χ3n) is 5.31. The van der Waals surface area contributed by atoms with Gasteiger partial charge in [0.2, 0.25) is 0 Å². The molecular weight excluding hydrogens is 475 g/mol. The summed E-state index contributed by atoms with van der Waals surface area (Å²) in [6.45, 7) is -0.0653. The minimum absolute atomic E-state index is 0.0653. The molecule has 10 heteroatoms. The van der Waals surface area contributed by atoms with Gasteiger partial charge in [0.25, 0.3) is 0 Å². The van der Waals surface area contributed by atoms with E-state index in [0.717, 1.165) is 40.5 Å². The predicted molar refractivity (Wildman–Crippen MR) is 117 cm³/mol. The molecule has 1 atom stereocenters. The number of carboxylic acids is 1. The van der Waals surface area contributed by atoms with Crippen LogP contribution in [0, 0.1) is 0 Å². The van der Waals surface area contributed by atoms with Gasteiger partial charge in [0, 0.05) is 10.9 Å². The zero-order valence-corrected chi connectivity index (χ0v) is 18.1. The fourth-order valence-electron chi connectivity index (χ4n) is 3.99. The highest BCUT2D eigenvalue weighted by Gasteiger charge is 2.33. The first-order valence-corrected chi connectivity index (χ1v) is 10.4. The van der Waals surface area contributed by atoms with Crippen LogP contribution in [0.15, 0.2) is 66.7 Å². The number of rotatable bonds is 6. The summed E-state index contributed by atoms with van der Waals surface area (Å²) in [4.78, 5) is 24.2. The van der Waals surface area contributed by atoms with Gasteiger partial charge in [-0.25, -0.2) is 9.59 Å². The first kappa shape index (κ1) is 23.4. The van der Waals surface area contributed by atoms with Gasteiger partial charge in [0.05, 0.1) is 0 Å². The second-order valence-corrected chi connectivity index (χ2v) is 7.95. The molecule has 1 aliphatic rings. The number of halogens is 4. The highest BCUT2D eigenvalue weighted by Crippen LogP contribution is 2.44. The van der Waals surface area contributed by atoms with E-state index in [9.17, 15) is 27.9 Å². The van der Waals surface area contributed by atoms with Crippen molar-refractivity contribution in [1.29, 1.82) is 0 Å². The number of amides is 1. The van der Waals surface area contributed by atoms with Crippen molar-refractivity contribution < 1.29 is 37.3 Å². The maximum Gasteiger partial charge on any atom is 0.573 e. The maximum absolute atomic E-state index is 12.6. The second-order valence-electron chi connectivity index (χ2n) is 7.51. The van der Waals surface area contributed by atoms with Crippen molar-refractivity contribution in [3.8, 4) is 16.9 Å². The van der Waals surface area contributed by atoms with Crippen LogP contribution in [0.3, 0.4) is 0 Å². The predicted octanol–water partition coefficient (Wildman–Crippen LogP) is 5.90. The molecule has 2 N–H and O–H groups in total. The minimum atomic E-state index is -5.00. The molecule has 6 nitrogen and oxygen atoms in total.